The molecule has 6 heteroatoms. The number of nitrogens with zero attached hydrogens (tertiary/aromatic N) is 4. The Balaban J connectivity index is 1.54. The van der Waals surface area contributed by atoms with Gasteiger partial charge in [0.2, 0.25) is 5.91 Å². The third-order valence-corrected chi connectivity index (χ3v) is 6.33. The summed E-state index contributed by atoms with van der Waals surface area (Å²) in [6, 6.07) is 8.21. The highest BCUT2D eigenvalue weighted by molar-refractivity contribution is 6.07. The van der Waals surface area contributed by atoms with E-state index in [0.717, 1.165) is 56.0 Å². The molecule has 26 heavy (non-hydrogen) atoms. The molecule has 1 unspecified atom stereocenters. The Bertz CT molecular complexity index is 900. The number of rotatable bonds is 2. The number of para-hydroxylation sites is 1. The molecule has 1 saturated carbocycles. The van der Waals surface area contributed by atoms with Gasteiger partial charge in [-0.3, -0.25) is 14.3 Å². The van der Waals surface area contributed by atoms with E-state index in [1.165, 1.54) is 0 Å². The van der Waals surface area contributed by atoms with Crippen molar-refractivity contribution in [2.75, 3.05) is 13.1 Å². The molecule has 1 atom stereocenters. The van der Waals surface area contributed by atoms with Gasteiger partial charge in [-0.2, -0.15) is 5.10 Å². The van der Waals surface area contributed by atoms with Crippen molar-refractivity contribution >= 4 is 22.7 Å². The van der Waals surface area contributed by atoms with E-state index in [1.807, 2.05) is 41.1 Å². The van der Waals surface area contributed by atoms with Crippen LogP contribution in [0.2, 0.25) is 0 Å². The van der Waals surface area contributed by atoms with Crippen LogP contribution in [0.5, 0.6) is 0 Å². The number of carbonyl (C=O) groups excluding carboxylic acids is 2. The summed E-state index contributed by atoms with van der Waals surface area (Å²) in [7, 11) is 1.86. The van der Waals surface area contributed by atoms with Crippen LogP contribution in [0.4, 0.5) is 0 Å². The monoisotopic (exact) mass is 352 g/mol. The van der Waals surface area contributed by atoms with Crippen LogP contribution >= 0.6 is 0 Å². The van der Waals surface area contributed by atoms with E-state index < -0.39 is 5.54 Å². The zero-order valence-corrected chi connectivity index (χ0v) is 15.1. The molecule has 0 bridgehead atoms. The van der Waals surface area contributed by atoms with Crippen LogP contribution in [0, 0.1) is 0 Å². The SMILES string of the molecule is Cn1nc(C(=O)N2CCCC23CCCN(C2CC2)C3=O)c2ccccc21. The van der Waals surface area contributed by atoms with Gasteiger partial charge in [0, 0.05) is 31.6 Å². The van der Waals surface area contributed by atoms with Crippen molar-refractivity contribution in [1.29, 1.82) is 0 Å². The minimum absolute atomic E-state index is 0.0923. The first kappa shape index (κ1) is 15.9. The first-order valence-electron chi connectivity index (χ1n) is 9.67. The van der Waals surface area contributed by atoms with Crippen LogP contribution in [0.3, 0.4) is 0 Å². The maximum absolute atomic E-state index is 13.5. The van der Waals surface area contributed by atoms with Crippen molar-refractivity contribution in [3.8, 4) is 0 Å². The molecule has 6 nitrogen and oxygen atoms in total. The van der Waals surface area contributed by atoms with E-state index in [1.54, 1.807) is 4.68 Å². The average molecular weight is 352 g/mol. The Hall–Kier alpha value is -2.37. The number of fused-ring (bicyclic) bond motifs is 1. The number of aromatic nitrogens is 2. The zero-order valence-electron chi connectivity index (χ0n) is 15.1. The summed E-state index contributed by atoms with van der Waals surface area (Å²) in [5.74, 6) is 0.0858. The molecule has 1 aromatic carbocycles. The summed E-state index contributed by atoms with van der Waals surface area (Å²) in [5, 5.41) is 5.37. The molecule has 1 aliphatic carbocycles. The van der Waals surface area contributed by atoms with Gasteiger partial charge in [0.05, 0.1) is 5.52 Å². The predicted molar refractivity (Wildman–Crippen MR) is 97.7 cm³/mol. The number of carbonyl (C=O) groups is 2. The van der Waals surface area contributed by atoms with Gasteiger partial charge in [-0.05, 0) is 44.6 Å². The average Bonchev–Trinajstić information content (AvgIpc) is 3.33. The number of aryl methyl sites for hydroxylation is 1. The fraction of sp³-hybridized carbons (Fsp3) is 0.550. The van der Waals surface area contributed by atoms with E-state index in [-0.39, 0.29) is 11.8 Å². The predicted octanol–water partition coefficient (Wildman–Crippen LogP) is 2.33. The van der Waals surface area contributed by atoms with Crippen molar-refractivity contribution in [3.05, 3.63) is 30.0 Å². The molecule has 2 aromatic rings. The molecule has 1 aromatic heterocycles. The van der Waals surface area contributed by atoms with Crippen LogP contribution in [-0.4, -0.2) is 56.1 Å². The molecular formula is C20H24N4O2. The van der Waals surface area contributed by atoms with Gasteiger partial charge in [0.1, 0.15) is 5.54 Å². The molecule has 2 saturated heterocycles. The van der Waals surface area contributed by atoms with Crippen LogP contribution in [-0.2, 0) is 11.8 Å². The second kappa shape index (κ2) is 5.56. The molecule has 3 aliphatic rings. The normalized spacial score (nSPS) is 26.3. The van der Waals surface area contributed by atoms with Crippen molar-refractivity contribution in [3.63, 3.8) is 0 Å². The number of piperidine rings is 1. The van der Waals surface area contributed by atoms with Gasteiger partial charge in [-0.15, -0.1) is 0 Å². The van der Waals surface area contributed by atoms with E-state index in [0.29, 0.717) is 18.3 Å². The second-order valence-electron chi connectivity index (χ2n) is 7.91. The van der Waals surface area contributed by atoms with Crippen molar-refractivity contribution in [2.24, 2.45) is 7.05 Å². The molecule has 0 radical (unpaired) electrons. The van der Waals surface area contributed by atoms with Crippen molar-refractivity contribution in [2.45, 2.75) is 50.1 Å². The molecule has 3 heterocycles. The fourth-order valence-corrected chi connectivity index (χ4v) is 4.91. The van der Waals surface area contributed by atoms with E-state index in [4.69, 9.17) is 0 Å². The summed E-state index contributed by atoms with van der Waals surface area (Å²) in [4.78, 5) is 30.7. The smallest absolute Gasteiger partial charge is 0.275 e. The lowest BCUT2D eigenvalue weighted by atomic mass is 9.85. The first-order chi connectivity index (χ1) is 12.6. The molecule has 0 N–H and O–H groups in total. The minimum Gasteiger partial charge on any atom is -0.338 e. The van der Waals surface area contributed by atoms with Crippen LogP contribution in [0.15, 0.2) is 24.3 Å². The lowest BCUT2D eigenvalue weighted by Crippen LogP contribution is -2.61. The highest BCUT2D eigenvalue weighted by Gasteiger charge is 2.55. The third-order valence-electron chi connectivity index (χ3n) is 6.33. The Kier molecular flexibility index (Phi) is 3.39. The summed E-state index contributed by atoms with van der Waals surface area (Å²) in [6.07, 6.45) is 5.66. The summed E-state index contributed by atoms with van der Waals surface area (Å²) in [6.45, 7) is 1.49. The maximum Gasteiger partial charge on any atom is 0.275 e. The van der Waals surface area contributed by atoms with E-state index >= 15 is 0 Å². The Morgan fingerprint density at radius 3 is 2.65 bits per heavy atom. The Labute approximate surface area is 152 Å². The highest BCUT2D eigenvalue weighted by atomic mass is 16.2. The van der Waals surface area contributed by atoms with Crippen molar-refractivity contribution < 1.29 is 9.59 Å². The van der Waals surface area contributed by atoms with Gasteiger partial charge in [-0.1, -0.05) is 18.2 Å². The second-order valence-corrected chi connectivity index (χ2v) is 7.91. The van der Waals surface area contributed by atoms with Gasteiger partial charge >= 0.3 is 0 Å². The number of benzene rings is 1. The van der Waals surface area contributed by atoms with Gasteiger partial charge < -0.3 is 9.80 Å². The van der Waals surface area contributed by atoms with Gasteiger partial charge in [0.15, 0.2) is 5.69 Å². The van der Waals surface area contributed by atoms with E-state index in [2.05, 4.69) is 5.10 Å². The van der Waals surface area contributed by atoms with Crippen LogP contribution in [0.1, 0.15) is 49.0 Å². The Morgan fingerprint density at radius 2 is 1.88 bits per heavy atom. The molecule has 1 spiro atoms. The van der Waals surface area contributed by atoms with Crippen molar-refractivity contribution in [1.82, 2.24) is 19.6 Å². The summed E-state index contributed by atoms with van der Waals surface area (Å²) in [5.41, 5.74) is 0.774. The van der Waals surface area contributed by atoms with Crippen LogP contribution in [0.25, 0.3) is 10.9 Å². The largest absolute Gasteiger partial charge is 0.338 e. The van der Waals surface area contributed by atoms with Crippen LogP contribution < -0.4 is 0 Å². The zero-order chi connectivity index (χ0) is 17.9. The number of likely N-dealkylation sites (tertiary alicyclic amines) is 2. The van der Waals surface area contributed by atoms with Gasteiger partial charge in [0.25, 0.3) is 5.91 Å². The highest BCUT2D eigenvalue weighted by Crippen LogP contribution is 2.42. The maximum atomic E-state index is 13.5. The quantitative estimate of drug-likeness (QED) is 0.833. The molecule has 2 aliphatic heterocycles. The molecule has 136 valence electrons. The molecule has 3 fully saturated rings. The standard InChI is InChI=1S/C20H24N4O2/c1-22-16-7-3-2-6-15(16)17(21-22)18(25)24-13-5-11-20(24)10-4-12-23(19(20)26)14-8-9-14/h2-3,6-7,14H,4-5,8-13H2,1H3. The molecule has 5 rings (SSSR count). The summed E-state index contributed by atoms with van der Waals surface area (Å²) < 4.78 is 1.75. The first-order valence-corrected chi connectivity index (χ1v) is 9.67. The van der Waals surface area contributed by atoms with Gasteiger partial charge in [-0.25, -0.2) is 0 Å². The van der Waals surface area contributed by atoms with E-state index in [9.17, 15) is 9.59 Å². The number of hydrogen-bond acceptors (Lipinski definition) is 3. The minimum atomic E-state index is -0.642. The number of amides is 2. The fourth-order valence-electron chi connectivity index (χ4n) is 4.91. The molecule has 2 amide bonds. The lowest BCUT2D eigenvalue weighted by molar-refractivity contribution is -0.146. The molecular weight excluding hydrogens is 328 g/mol. The number of hydrogen-bond donors (Lipinski definition) is 0. The third kappa shape index (κ3) is 2.14. The summed E-state index contributed by atoms with van der Waals surface area (Å²) >= 11 is 0. The Morgan fingerprint density at radius 1 is 1.15 bits per heavy atom. The topological polar surface area (TPSA) is 58.4 Å². The lowest BCUT2D eigenvalue weighted by Gasteiger charge is -2.44.